The minimum atomic E-state index is 0.645. The van der Waals surface area contributed by atoms with Crippen LogP contribution in [0, 0.1) is 6.92 Å². The van der Waals surface area contributed by atoms with Crippen LogP contribution in [0.15, 0.2) is 82.1 Å². The highest BCUT2D eigenvalue weighted by Crippen LogP contribution is 2.28. The van der Waals surface area contributed by atoms with Crippen molar-refractivity contribution in [3.05, 3.63) is 95.8 Å². The Kier molecular flexibility index (Phi) is 4.88. The van der Waals surface area contributed by atoms with Gasteiger partial charge in [-0.3, -0.25) is 4.90 Å². The fraction of sp³-hybridized carbons (Fsp3) is 0.192. The zero-order chi connectivity index (χ0) is 22.2. The molecule has 0 saturated carbocycles. The van der Waals surface area contributed by atoms with Crippen LogP contribution < -0.4 is 0 Å². The van der Waals surface area contributed by atoms with Gasteiger partial charge in [0, 0.05) is 49.6 Å². The molecule has 6 rings (SSSR count). The number of hydrogen-bond acceptors (Lipinski definition) is 6. The molecule has 0 unspecified atom stereocenters. The molecule has 0 spiro atoms. The van der Waals surface area contributed by atoms with Crippen LogP contribution in [0.5, 0.6) is 0 Å². The molecule has 0 amide bonds. The summed E-state index contributed by atoms with van der Waals surface area (Å²) in [5, 5.41) is 4.88. The first-order chi connectivity index (χ1) is 16.2. The van der Waals surface area contributed by atoms with Crippen LogP contribution >= 0.6 is 0 Å². The van der Waals surface area contributed by atoms with Gasteiger partial charge in [0.2, 0.25) is 0 Å². The van der Waals surface area contributed by atoms with E-state index in [1.54, 1.807) is 6.26 Å². The first-order valence-electron chi connectivity index (χ1n) is 11.0. The van der Waals surface area contributed by atoms with Crippen molar-refractivity contribution < 1.29 is 8.83 Å². The highest BCUT2D eigenvalue weighted by atomic mass is 16.3. The number of benzene rings is 1. The maximum absolute atomic E-state index is 5.93. The lowest BCUT2D eigenvalue weighted by molar-refractivity contribution is 0.243. The van der Waals surface area contributed by atoms with E-state index < -0.39 is 0 Å². The summed E-state index contributed by atoms with van der Waals surface area (Å²) in [5.41, 5.74) is 5.28. The smallest absolute Gasteiger partial charge is 0.195 e. The molecule has 0 aliphatic carbocycles. The third-order valence-corrected chi connectivity index (χ3v) is 5.93. The van der Waals surface area contributed by atoms with Crippen molar-refractivity contribution >= 4 is 0 Å². The average molecular weight is 438 g/mol. The fourth-order valence-electron chi connectivity index (χ4n) is 4.28. The molecule has 4 aromatic heterocycles. The zero-order valence-electron chi connectivity index (χ0n) is 18.3. The maximum atomic E-state index is 5.93. The molecule has 33 heavy (non-hydrogen) atoms. The predicted octanol–water partition coefficient (Wildman–Crippen LogP) is 5.05. The van der Waals surface area contributed by atoms with Gasteiger partial charge < -0.3 is 8.83 Å². The Balaban J connectivity index is 1.28. The number of hydrogen-bond donors (Lipinski definition) is 0. The molecular formula is C26H23N5O2. The Morgan fingerprint density at radius 3 is 2.70 bits per heavy atom. The van der Waals surface area contributed by atoms with Crippen molar-refractivity contribution in [2.24, 2.45) is 0 Å². The van der Waals surface area contributed by atoms with Gasteiger partial charge in [-0.1, -0.05) is 18.2 Å². The molecule has 0 atom stereocenters. The lowest BCUT2D eigenvalue weighted by Crippen LogP contribution is -2.31. The SMILES string of the molecule is Cc1ccc(-c2nn(-c3ccccc3)cc2CN2CCc3nc(-c4ccco4)ncc3C2)o1. The van der Waals surface area contributed by atoms with Crippen molar-refractivity contribution in [2.75, 3.05) is 6.54 Å². The molecule has 1 aliphatic rings. The molecule has 0 fully saturated rings. The number of aromatic nitrogens is 4. The van der Waals surface area contributed by atoms with Gasteiger partial charge in [0.15, 0.2) is 17.3 Å². The monoisotopic (exact) mass is 437 g/mol. The fourth-order valence-corrected chi connectivity index (χ4v) is 4.28. The topological polar surface area (TPSA) is 73.1 Å². The molecule has 1 aromatic carbocycles. The Morgan fingerprint density at radius 1 is 1.00 bits per heavy atom. The molecule has 1 aliphatic heterocycles. The number of aryl methyl sites for hydroxylation is 1. The van der Waals surface area contributed by atoms with Crippen molar-refractivity contribution in [1.29, 1.82) is 0 Å². The third kappa shape index (κ3) is 3.87. The van der Waals surface area contributed by atoms with Gasteiger partial charge in [0.1, 0.15) is 11.5 Å². The first-order valence-corrected chi connectivity index (χ1v) is 11.0. The van der Waals surface area contributed by atoms with Crippen molar-refractivity contribution in [3.8, 4) is 28.7 Å². The molecule has 0 bridgehead atoms. The third-order valence-electron chi connectivity index (χ3n) is 5.93. The van der Waals surface area contributed by atoms with Crippen LogP contribution in [0.3, 0.4) is 0 Å². The second-order valence-corrected chi connectivity index (χ2v) is 8.30. The van der Waals surface area contributed by atoms with Gasteiger partial charge in [0.25, 0.3) is 0 Å². The quantitative estimate of drug-likeness (QED) is 0.383. The Hall–Kier alpha value is -3.97. The molecular weight excluding hydrogens is 414 g/mol. The number of nitrogens with zero attached hydrogens (tertiary/aromatic N) is 5. The number of rotatable bonds is 5. The lowest BCUT2D eigenvalue weighted by Gasteiger charge is -2.27. The van der Waals surface area contributed by atoms with Crippen LogP contribution in [-0.4, -0.2) is 31.2 Å². The first kappa shape index (κ1) is 19.7. The van der Waals surface area contributed by atoms with Crippen molar-refractivity contribution in [2.45, 2.75) is 26.4 Å². The Bertz CT molecular complexity index is 1390. The van der Waals surface area contributed by atoms with Crippen molar-refractivity contribution in [3.63, 3.8) is 0 Å². The average Bonchev–Trinajstić information content (AvgIpc) is 3.61. The van der Waals surface area contributed by atoms with Gasteiger partial charge in [-0.2, -0.15) is 5.10 Å². The molecule has 0 radical (unpaired) electrons. The van der Waals surface area contributed by atoms with Gasteiger partial charge in [-0.25, -0.2) is 14.6 Å². The molecule has 164 valence electrons. The Labute approximate surface area is 191 Å². The van der Waals surface area contributed by atoms with E-state index >= 15 is 0 Å². The van der Waals surface area contributed by atoms with Crippen LogP contribution in [0.4, 0.5) is 0 Å². The van der Waals surface area contributed by atoms with Crippen LogP contribution in [-0.2, 0) is 19.5 Å². The summed E-state index contributed by atoms with van der Waals surface area (Å²) >= 11 is 0. The molecule has 5 aromatic rings. The largest absolute Gasteiger partial charge is 0.461 e. The molecule has 0 N–H and O–H groups in total. The summed E-state index contributed by atoms with van der Waals surface area (Å²) in [7, 11) is 0. The maximum Gasteiger partial charge on any atom is 0.195 e. The minimum Gasteiger partial charge on any atom is -0.461 e. The lowest BCUT2D eigenvalue weighted by atomic mass is 10.1. The van der Waals surface area contributed by atoms with E-state index in [-0.39, 0.29) is 0 Å². The van der Waals surface area contributed by atoms with Crippen LogP contribution in [0.2, 0.25) is 0 Å². The normalized spacial score (nSPS) is 13.8. The van der Waals surface area contributed by atoms with Crippen LogP contribution in [0.1, 0.15) is 22.6 Å². The highest BCUT2D eigenvalue weighted by molar-refractivity contribution is 5.58. The van der Waals surface area contributed by atoms with Gasteiger partial charge >= 0.3 is 0 Å². The summed E-state index contributed by atoms with van der Waals surface area (Å²) in [4.78, 5) is 11.7. The van der Waals surface area contributed by atoms with Gasteiger partial charge in [-0.15, -0.1) is 0 Å². The van der Waals surface area contributed by atoms with Gasteiger partial charge in [-0.05, 0) is 43.3 Å². The Morgan fingerprint density at radius 2 is 1.91 bits per heavy atom. The molecule has 5 heterocycles. The van der Waals surface area contributed by atoms with Crippen LogP contribution in [0.25, 0.3) is 28.7 Å². The summed E-state index contributed by atoms with van der Waals surface area (Å²) in [5.74, 6) is 3.02. The molecule has 7 nitrogen and oxygen atoms in total. The standard InChI is InChI=1S/C26H23N5O2/c1-18-9-10-23(33-18)25-20(17-31(29-25)21-6-3-2-4-7-21)16-30-12-11-22-19(15-30)14-27-26(28-22)24-8-5-13-32-24/h2-10,13-14,17H,11-12,15-16H2,1H3. The molecule has 0 saturated heterocycles. The summed E-state index contributed by atoms with van der Waals surface area (Å²) < 4.78 is 13.3. The van der Waals surface area contributed by atoms with Crippen molar-refractivity contribution in [1.82, 2.24) is 24.6 Å². The number of fused-ring (bicyclic) bond motifs is 1. The van der Waals surface area contributed by atoms with E-state index in [4.69, 9.17) is 18.9 Å². The summed E-state index contributed by atoms with van der Waals surface area (Å²) in [6, 6.07) is 17.9. The predicted molar refractivity (Wildman–Crippen MR) is 124 cm³/mol. The van der Waals surface area contributed by atoms with E-state index in [2.05, 4.69) is 28.2 Å². The van der Waals surface area contributed by atoms with Gasteiger partial charge in [0.05, 0.1) is 17.6 Å². The van der Waals surface area contributed by atoms with E-state index in [1.807, 2.05) is 60.3 Å². The summed E-state index contributed by atoms with van der Waals surface area (Å²) in [6.07, 6.45) is 6.55. The van der Waals surface area contributed by atoms with E-state index in [9.17, 15) is 0 Å². The molecule has 7 heteroatoms. The second kappa shape index (κ2) is 8.18. The van der Waals surface area contributed by atoms with E-state index in [0.29, 0.717) is 11.6 Å². The minimum absolute atomic E-state index is 0.645. The van der Waals surface area contributed by atoms with E-state index in [0.717, 1.165) is 65.8 Å². The number of para-hydroxylation sites is 1. The second-order valence-electron chi connectivity index (χ2n) is 8.30. The summed E-state index contributed by atoms with van der Waals surface area (Å²) in [6.45, 7) is 4.42. The number of furan rings is 2. The highest BCUT2D eigenvalue weighted by Gasteiger charge is 2.23. The zero-order valence-corrected chi connectivity index (χ0v) is 18.3. The van der Waals surface area contributed by atoms with E-state index in [1.165, 1.54) is 0 Å².